The first-order chi connectivity index (χ1) is 10.2. The van der Waals surface area contributed by atoms with E-state index in [1.807, 2.05) is 50.2 Å². The summed E-state index contributed by atoms with van der Waals surface area (Å²) in [5.74, 6) is 0.786. The van der Waals surface area contributed by atoms with Crippen LogP contribution in [-0.4, -0.2) is 22.3 Å². The molecule has 0 saturated heterocycles. The number of aromatic amines is 1. The van der Waals surface area contributed by atoms with Crippen LogP contribution in [0.15, 0.2) is 53.1 Å². The molecule has 2 heterocycles. The molecule has 1 aromatic carbocycles. The molecule has 0 bridgehead atoms. The Kier molecular flexibility index (Phi) is 3.52. The lowest BCUT2D eigenvalue weighted by atomic mass is 10.2. The molecule has 0 fully saturated rings. The van der Waals surface area contributed by atoms with Gasteiger partial charge in [0, 0.05) is 18.1 Å². The van der Waals surface area contributed by atoms with Crippen LogP contribution in [0, 0.1) is 0 Å². The molecule has 4 nitrogen and oxygen atoms in total. The standard InChI is InChI=1S/C17H18N2O2/c1-3-19(17(20)14-8-6-10-18-14)12(2)16-11-13-7-4-5-9-15(13)21-16/h4-12,18H,3H2,1-2H3. The molecule has 0 aliphatic carbocycles. The molecule has 0 aliphatic rings. The van der Waals surface area contributed by atoms with Crippen LogP contribution in [0.3, 0.4) is 0 Å². The smallest absolute Gasteiger partial charge is 0.270 e. The van der Waals surface area contributed by atoms with E-state index in [2.05, 4.69) is 4.98 Å². The number of para-hydroxylation sites is 1. The number of nitrogens with one attached hydrogen (secondary N) is 1. The van der Waals surface area contributed by atoms with E-state index in [1.54, 1.807) is 17.2 Å². The molecule has 21 heavy (non-hydrogen) atoms. The molecule has 1 atom stereocenters. The van der Waals surface area contributed by atoms with Crippen LogP contribution in [0.25, 0.3) is 11.0 Å². The maximum Gasteiger partial charge on any atom is 0.270 e. The Labute approximate surface area is 123 Å². The average molecular weight is 282 g/mol. The van der Waals surface area contributed by atoms with Crippen LogP contribution >= 0.6 is 0 Å². The predicted molar refractivity (Wildman–Crippen MR) is 82.1 cm³/mol. The van der Waals surface area contributed by atoms with Gasteiger partial charge in [-0.15, -0.1) is 0 Å². The van der Waals surface area contributed by atoms with Crippen molar-refractivity contribution in [2.75, 3.05) is 6.54 Å². The van der Waals surface area contributed by atoms with E-state index >= 15 is 0 Å². The number of furan rings is 1. The van der Waals surface area contributed by atoms with Gasteiger partial charge in [-0.3, -0.25) is 4.79 Å². The first kappa shape index (κ1) is 13.5. The second kappa shape index (κ2) is 5.48. The zero-order valence-corrected chi connectivity index (χ0v) is 12.2. The van der Waals surface area contributed by atoms with Crippen LogP contribution < -0.4 is 0 Å². The Hall–Kier alpha value is -2.49. The Bertz CT molecular complexity index is 710. The minimum Gasteiger partial charge on any atom is -0.459 e. The van der Waals surface area contributed by atoms with Gasteiger partial charge in [0.15, 0.2) is 0 Å². The Balaban J connectivity index is 1.91. The number of carbonyl (C=O) groups excluding carboxylic acids is 1. The molecule has 0 saturated carbocycles. The summed E-state index contributed by atoms with van der Waals surface area (Å²) < 4.78 is 5.88. The predicted octanol–water partition coefficient (Wildman–Crippen LogP) is 3.98. The highest BCUT2D eigenvalue weighted by molar-refractivity contribution is 5.92. The summed E-state index contributed by atoms with van der Waals surface area (Å²) in [5.41, 5.74) is 1.45. The number of carbonyl (C=O) groups is 1. The van der Waals surface area contributed by atoms with E-state index in [0.29, 0.717) is 12.2 Å². The SMILES string of the molecule is CCN(C(=O)c1ccc[nH]1)C(C)c1cc2ccccc2o1. The monoisotopic (exact) mass is 282 g/mol. The van der Waals surface area contributed by atoms with Gasteiger partial charge in [0.05, 0.1) is 6.04 Å². The topological polar surface area (TPSA) is 49.2 Å². The number of aromatic nitrogens is 1. The van der Waals surface area contributed by atoms with E-state index < -0.39 is 0 Å². The number of nitrogens with zero attached hydrogens (tertiary/aromatic N) is 1. The van der Waals surface area contributed by atoms with Gasteiger partial charge in [0.2, 0.25) is 0 Å². The van der Waals surface area contributed by atoms with Crippen LogP contribution in [-0.2, 0) is 0 Å². The van der Waals surface area contributed by atoms with E-state index in [-0.39, 0.29) is 11.9 Å². The van der Waals surface area contributed by atoms with E-state index in [4.69, 9.17) is 4.42 Å². The van der Waals surface area contributed by atoms with E-state index in [9.17, 15) is 4.79 Å². The van der Waals surface area contributed by atoms with Gasteiger partial charge < -0.3 is 14.3 Å². The lowest BCUT2D eigenvalue weighted by molar-refractivity contribution is 0.0679. The van der Waals surface area contributed by atoms with Gasteiger partial charge in [-0.05, 0) is 38.1 Å². The largest absolute Gasteiger partial charge is 0.459 e. The van der Waals surface area contributed by atoms with Gasteiger partial charge in [-0.2, -0.15) is 0 Å². The Morgan fingerprint density at radius 3 is 2.76 bits per heavy atom. The summed E-state index contributed by atoms with van der Waals surface area (Å²) >= 11 is 0. The minimum atomic E-state index is -0.113. The highest BCUT2D eigenvalue weighted by Gasteiger charge is 2.24. The molecule has 1 N–H and O–H groups in total. The fourth-order valence-corrected chi connectivity index (χ4v) is 2.57. The second-order valence-corrected chi connectivity index (χ2v) is 5.04. The summed E-state index contributed by atoms with van der Waals surface area (Å²) in [4.78, 5) is 17.3. The van der Waals surface area contributed by atoms with Crippen molar-refractivity contribution in [3.05, 3.63) is 60.1 Å². The second-order valence-electron chi connectivity index (χ2n) is 5.04. The molecular formula is C17H18N2O2. The van der Waals surface area contributed by atoms with Crippen LogP contribution in [0.4, 0.5) is 0 Å². The highest BCUT2D eigenvalue weighted by Crippen LogP contribution is 2.28. The third-order valence-electron chi connectivity index (χ3n) is 3.75. The minimum absolute atomic E-state index is 0.0181. The molecule has 108 valence electrons. The summed E-state index contributed by atoms with van der Waals surface area (Å²) in [7, 11) is 0. The Morgan fingerprint density at radius 1 is 1.29 bits per heavy atom. The maximum absolute atomic E-state index is 12.5. The van der Waals surface area contributed by atoms with Crippen molar-refractivity contribution in [1.29, 1.82) is 0 Å². The molecular weight excluding hydrogens is 264 g/mol. The molecule has 4 heteroatoms. The lowest BCUT2D eigenvalue weighted by Crippen LogP contribution is -2.33. The van der Waals surface area contributed by atoms with Crippen LogP contribution in [0.2, 0.25) is 0 Å². The summed E-state index contributed by atoms with van der Waals surface area (Å²) in [5, 5.41) is 1.06. The van der Waals surface area contributed by atoms with Gasteiger partial charge in [0.25, 0.3) is 5.91 Å². The quantitative estimate of drug-likeness (QED) is 0.786. The van der Waals surface area contributed by atoms with Crippen LogP contribution in [0.5, 0.6) is 0 Å². The van der Waals surface area contributed by atoms with E-state index in [1.165, 1.54) is 0 Å². The van der Waals surface area contributed by atoms with Gasteiger partial charge >= 0.3 is 0 Å². The highest BCUT2D eigenvalue weighted by atomic mass is 16.3. The van der Waals surface area contributed by atoms with Crippen molar-refractivity contribution in [3.63, 3.8) is 0 Å². The first-order valence-electron chi connectivity index (χ1n) is 7.13. The molecule has 0 spiro atoms. The molecule has 1 unspecified atom stereocenters. The van der Waals surface area contributed by atoms with Gasteiger partial charge in [-0.25, -0.2) is 0 Å². The number of hydrogen-bond acceptors (Lipinski definition) is 2. The van der Waals surface area contributed by atoms with Gasteiger partial charge in [0.1, 0.15) is 17.0 Å². The normalized spacial score (nSPS) is 12.5. The van der Waals surface area contributed by atoms with Crippen molar-refractivity contribution in [3.8, 4) is 0 Å². The Morgan fingerprint density at radius 2 is 2.10 bits per heavy atom. The number of H-pyrrole nitrogens is 1. The molecule has 0 radical (unpaired) electrons. The molecule has 0 aliphatic heterocycles. The third-order valence-corrected chi connectivity index (χ3v) is 3.75. The van der Waals surface area contributed by atoms with Crippen molar-refractivity contribution in [1.82, 2.24) is 9.88 Å². The number of hydrogen-bond donors (Lipinski definition) is 1. The van der Waals surface area contributed by atoms with E-state index in [0.717, 1.165) is 16.7 Å². The van der Waals surface area contributed by atoms with Crippen molar-refractivity contribution in [2.24, 2.45) is 0 Å². The number of fused-ring (bicyclic) bond motifs is 1. The molecule has 1 amide bonds. The zero-order valence-electron chi connectivity index (χ0n) is 12.2. The van der Waals surface area contributed by atoms with Crippen LogP contribution in [0.1, 0.15) is 36.1 Å². The molecule has 3 aromatic rings. The van der Waals surface area contributed by atoms with Crippen molar-refractivity contribution in [2.45, 2.75) is 19.9 Å². The van der Waals surface area contributed by atoms with Crippen molar-refractivity contribution < 1.29 is 9.21 Å². The summed E-state index contributed by atoms with van der Waals surface area (Å²) in [6.45, 7) is 4.58. The molecule has 2 aromatic heterocycles. The molecule has 3 rings (SSSR count). The average Bonchev–Trinajstić information content (AvgIpc) is 3.16. The fourth-order valence-electron chi connectivity index (χ4n) is 2.57. The fraction of sp³-hybridized carbons (Fsp3) is 0.235. The van der Waals surface area contributed by atoms with Gasteiger partial charge in [-0.1, -0.05) is 18.2 Å². The number of amides is 1. The number of rotatable bonds is 4. The zero-order chi connectivity index (χ0) is 14.8. The summed E-state index contributed by atoms with van der Waals surface area (Å²) in [6, 6.07) is 13.4. The third kappa shape index (κ3) is 2.44. The van der Waals surface area contributed by atoms with Crippen molar-refractivity contribution >= 4 is 16.9 Å². The lowest BCUT2D eigenvalue weighted by Gasteiger charge is -2.26. The number of benzene rings is 1. The summed E-state index contributed by atoms with van der Waals surface area (Å²) in [6.07, 6.45) is 1.76. The maximum atomic E-state index is 12.5. The first-order valence-corrected chi connectivity index (χ1v) is 7.13.